The van der Waals surface area contributed by atoms with Crippen molar-refractivity contribution in [1.29, 1.82) is 5.26 Å². The summed E-state index contributed by atoms with van der Waals surface area (Å²) in [7, 11) is 0. The molecule has 3 rings (SSSR count). The molecule has 6 heteroatoms. The first-order valence-corrected chi connectivity index (χ1v) is 6.60. The molecule has 2 aliphatic rings. The molecule has 2 saturated heterocycles. The minimum Gasteiger partial charge on any atom is -0.356 e. The van der Waals surface area contributed by atoms with Crippen molar-refractivity contribution < 1.29 is 5.32 Å². The summed E-state index contributed by atoms with van der Waals surface area (Å²) >= 11 is 5.85. The third-order valence-corrected chi connectivity index (χ3v) is 4.19. The Kier molecular flexibility index (Phi) is 2.84. The van der Waals surface area contributed by atoms with Crippen molar-refractivity contribution in [3.8, 4) is 6.07 Å². The molecular formula is C12H15ClN5+. The van der Waals surface area contributed by atoms with E-state index in [0.29, 0.717) is 11.1 Å². The first-order valence-electron chi connectivity index (χ1n) is 6.22. The molecule has 5 nitrogen and oxygen atoms in total. The molecule has 1 spiro atoms. The van der Waals surface area contributed by atoms with Crippen molar-refractivity contribution >= 4 is 17.4 Å². The molecule has 0 bridgehead atoms. The third-order valence-electron chi connectivity index (χ3n) is 4.02. The summed E-state index contributed by atoms with van der Waals surface area (Å²) in [5.74, 6) is 0.787. The molecule has 18 heavy (non-hydrogen) atoms. The Bertz CT molecular complexity index is 504. The maximum atomic E-state index is 8.91. The van der Waals surface area contributed by atoms with Crippen LogP contribution in [0.3, 0.4) is 0 Å². The molecule has 0 aliphatic carbocycles. The van der Waals surface area contributed by atoms with Crippen LogP contribution < -0.4 is 10.2 Å². The van der Waals surface area contributed by atoms with E-state index in [1.807, 2.05) is 6.07 Å². The number of rotatable bonds is 1. The molecular weight excluding hydrogens is 250 g/mol. The van der Waals surface area contributed by atoms with Gasteiger partial charge in [-0.05, 0) is 18.0 Å². The minimum absolute atomic E-state index is 0.156. The van der Waals surface area contributed by atoms with Crippen molar-refractivity contribution in [2.75, 3.05) is 31.1 Å². The molecule has 0 aromatic carbocycles. The quantitative estimate of drug-likeness (QED) is 0.734. The second-order valence-corrected chi connectivity index (χ2v) is 5.53. The van der Waals surface area contributed by atoms with Crippen LogP contribution in [-0.2, 0) is 0 Å². The highest BCUT2D eigenvalue weighted by atomic mass is 35.5. The first-order chi connectivity index (χ1) is 8.71. The topological polar surface area (TPSA) is 69.4 Å². The van der Waals surface area contributed by atoms with Crippen molar-refractivity contribution in [3.63, 3.8) is 0 Å². The second-order valence-electron chi connectivity index (χ2n) is 5.20. The Balaban J connectivity index is 1.84. The number of nitrogens with two attached hydrogens (primary N) is 1. The Morgan fingerprint density at radius 2 is 2.33 bits per heavy atom. The fourth-order valence-corrected chi connectivity index (χ4v) is 3.22. The molecule has 0 amide bonds. The number of hydrogen-bond acceptors (Lipinski definition) is 4. The van der Waals surface area contributed by atoms with Crippen molar-refractivity contribution in [1.82, 2.24) is 9.97 Å². The average molecular weight is 265 g/mol. The van der Waals surface area contributed by atoms with E-state index in [4.69, 9.17) is 16.9 Å². The van der Waals surface area contributed by atoms with Gasteiger partial charge in [0.15, 0.2) is 0 Å². The molecule has 2 fully saturated rings. The Morgan fingerprint density at radius 3 is 3.06 bits per heavy atom. The predicted octanol–water partition coefficient (Wildman–Crippen LogP) is 0.165. The normalized spacial score (nSPS) is 26.8. The zero-order valence-electron chi connectivity index (χ0n) is 10.1. The van der Waals surface area contributed by atoms with Crippen LogP contribution in [0.4, 0.5) is 5.82 Å². The van der Waals surface area contributed by atoms with Gasteiger partial charge in [-0.2, -0.15) is 5.26 Å². The highest BCUT2D eigenvalue weighted by Crippen LogP contribution is 2.36. The van der Waals surface area contributed by atoms with Gasteiger partial charge >= 0.3 is 0 Å². The number of aromatic nitrogens is 2. The van der Waals surface area contributed by atoms with E-state index >= 15 is 0 Å². The lowest BCUT2D eigenvalue weighted by atomic mass is 9.87. The SMILES string of the molecule is N#Cc1cc(N2CCC3(CC[NH2+]C3)C2)nc(Cl)n1. The number of quaternary nitrogens is 1. The lowest BCUT2D eigenvalue weighted by Gasteiger charge is -2.21. The number of hydrogen-bond donors (Lipinski definition) is 1. The Morgan fingerprint density at radius 1 is 1.44 bits per heavy atom. The first kappa shape index (κ1) is 11.7. The number of nitrogens with zero attached hydrogens (tertiary/aromatic N) is 4. The van der Waals surface area contributed by atoms with E-state index in [9.17, 15) is 0 Å². The fourth-order valence-electron chi connectivity index (χ4n) is 3.04. The monoisotopic (exact) mass is 264 g/mol. The van der Waals surface area contributed by atoms with Crippen LogP contribution >= 0.6 is 11.6 Å². The molecule has 0 saturated carbocycles. The Hall–Kier alpha value is -1.38. The van der Waals surface area contributed by atoms with Crippen LogP contribution in [0.2, 0.25) is 5.28 Å². The maximum Gasteiger partial charge on any atom is 0.225 e. The molecule has 2 N–H and O–H groups in total. The molecule has 0 radical (unpaired) electrons. The van der Waals surface area contributed by atoms with Crippen molar-refractivity contribution in [3.05, 3.63) is 17.0 Å². The predicted molar refractivity (Wildman–Crippen MR) is 67.3 cm³/mol. The summed E-state index contributed by atoms with van der Waals surface area (Å²) in [6, 6.07) is 3.75. The van der Waals surface area contributed by atoms with E-state index in [1.54, 1.807) is 6.07 Å². The van der Waals surface area contributed by atoms with Crippen molar-refractivity contribution in [2.45, 2.75) is 12.8 Å². The third kappa shape index (κ3) is 2.02. The van der Waals surface area contributed by atoms with Crippen LogP contribution in [0.15, 0.2) is 6.07 Å². The highest BCUT2D eigenvalue weighted by molar-refractivity contribution is 6.28. The van der Waals surface area contributed by atoms with Crippen LogP contribution in [0.1, 0.15) is 18.5 Å². The van der Waals surface area contributed by atoms with E-state index in [0.717, 1.165) is 18.9 Å². The molecule has 1 aromatic heterocycles. The van der Waals surface area contributed by atoms with Crippen LogP contribution in [0.5, 0.6) is 0 Å². The van der Waals surface area contributed by atoms with Crippen LogP contribution in [0.25, 0.3) is 0 Å². The van der Waals surface area contributed by atoms with E-state index in [1.165, 1.54) is 25.9 Å². The smallest absolute Gasteiger partial charge is 0.225 e. The highest BCUT2D eigenvalue weighted by Gasteiger charge is 2.43. The van der Waals surface area contributed by atoms with Gasteiger partial charge < -0.3 is 10.2 Å². The van der Waals surface area contributed by atoms with Gasteiger partial charge in [0.1, 0.15) is 17.6 Å². The molecule has 1 aromatic rings. The molecule has 3 heterocycles. The lowest BCUT2D eigenvalue weighted by molar-refractivity contribution is -0.640. The summed E-state index contributed by atoms with van der Waals surface area (Å²) in [6.45, 7) is 4.43. The number of anilines is 1. The number of halogens is 1. The van der Waals surface area contributed by atoms with Gasteiger partial charge in [0.05, 0.1) is 13.1 Å². The van der Waals surface area contributed by atoms with Crippen LogP contribution in [0, 0.1) is 16.7 Å². The second kappa shape index (κ2) is 4.38. The fraction of sp³-hybridized carbons (Fsp3) is 0.583. The van der Waals surface area contributed by atoms with E-state index in [2.05, 4.69) is 20.2 Å². The van der Waals surface area contributed by atoms with Gasteiger partial charge in [-0.3, -0.25) is 0 Å². The Labute approximate surface area is 111 Å². The number of nitriles is 1. The molecule has 1 unspecified atom stereocenters. The minimum atomic E-state index is 0.156. The standard InChI is InChI=1S/C12H14ClN5/c13-11-16-9(6-14)5-10(17-11)18-4-2-12(8-18)1-3-15-7-12/h5,15H,1-4,7-8H2/p+1. The average Bonchev–Trinajstić information content (AvgIpc) is 3.00. The summed E-state index contributed by atoms with van der Waals surface area (Å²) < 4.78 is 0. The zero-order valence-corrected chi connectivity index (χ0v) is 10.8. The molecule has 1 atom stereocenters. The lowest BCUT2D eigenvalue weighted by Crippen LogP contribution is -2.82. The van der Waals surface area contributed by atoms with Gasteiger partial charge in [-0.1, -0.05) is 0 Å². The van der Waals surface area contributed by atoms with Crippen molar-refractivity contribution in [2.24, 2.45) is 5.41 Å². The van der Waals surface area contributed by atoms with Gasteiger partial charge in [0.25, 0.3) is 0 Å². The van der Waals surface area contributed by atoms with Gasteiger partial charge in [0.2, 0.25) is 5.28 Å². The summed E-state index contributed by atoms with van der Waals surface area (Å²) in [4.78, 5) is 10.3. The van der Waals surface area contributed by atoms with E-state index < -0.39 is 0 Å². The van der Waals surface area contributed by atoms with Gasteiger partial charge in [-0.15, -0.1) is 0 Å². The van der Waals surface area contributed by atoms with Gasteiger partial charge in [-0.25, -0.2) is 9.97 Å². The van der Waals surface area contributed by atoms with E-state index in [-0.39, 0.29) is 5.28 Å². The maximum absolute atomic E-state index is 8.91. The summed E-state index contributed by atoms with van der Waals surface area (Å²) in [6.07, 6.45) is 2.47. The van der Waals surface area contributed by atoms with Gasteiger partial charge in [0, 0.05) is 31.0 Å². The summed E-state index contributed by atoms with van der Waals surface area (Å²) in [5.41, 5.74) is 0.772. The molecule has 2 aliphatic heterocycles. The zero-order chi connectivity index (χ0) is 12.6. The van der Waals surface area contributed by atoms with Crippen LogP contribution in [-0.4, -0.2) is 36.1 Å². The summed E-state index contributed by atoms with van der Waals surface area (Å²) in [5, 5.41) is 11.5. The molecule has 94 valence electrons. The largest absolute Gasteiger partial charge is 0.356 e.